The van der Waals surface area contributed by atoms with Gasteiger partial charge in [0.1, 0.15) is 6.67 Å². The Morgan fingerprint density at radius 1 is 1.17 bits per heavy atom. The van der Waals surface area contributed by atoms with E-state index in [2.05, 4.69) is 4.99 Å². The molecule has 1 aromatic carbocycles. The summed E-state index contributed by atoms with van der Waals surface area (Å²) in [6.45, 7) is 0.428. The number of aryl methyl sites for hydroxylation is 1. The predicted molar refractivity (Wildman–Crippen MR) is 63.9 cm³/mol. The van der Waals surface area contributed by atoms with Crippen LogP contribution < -0.4 is 0 Å². The van der Waals surface area contributed by atoms with E-state index < -0.39 is 12.6 Å². The number of aliphatic imine (C=N–C) groups is 1. The average Bonchev–Trinajstić information content (AvgIpc) is 2.86. The number of benzene rings is 1. The molecule has 2 heterocycles. The van der Waals surface area contributed by atoms with Crippen molar-refractivity contribution in [1.29, 1.82) is 0 Å². The minimum Gasteiger partial charge on any atom is -0.323 e. The number of halogens is 3. The molecule has 2 nitrogen and oxygen atoms in total. The first-order valence-corrected chi connectivity index (χ1v) is 5.73. The number of hydrogen-bond acceptors (Lipinski definition) is 1. The average molecular weight is 252 g/mol. The number of hydrogen-bond donors (Lipinski definition) is 0. The molecule has 94 valence electrons. The first-order chi connectivity index (χ1) is 8.56. The molecule has 1 aliphatic rings. The lowest BCUT2D eigenvalue weighted by atomic mass is 10.1. The van der Waals surface area contributed by atoms with Crippen molar-refractivity contribution in [1.82, 2.24) is 4.57 Å². The van der Waals surface area contributed by atoms with Crippen LogP contribution in [0.15, 0.2) is 29.3 Å². The first-order valence-electron chi connectivity index (χ1n) is 5.73. The predicted octanol–water partition coefficient (Wildman–Crippen LogP) is 3.53. The topological polar surface area (TPSA) is 17.3 Å². The van der Waals surface area contributed by atoms with Crippen LogP contribution in [0.25, 0.3) is 10.8 Å². The summed E-state index contributed by atoms with van der Waals surface area (Å²) >= 11 is 0. The zero-order chi connectivity index (χ0) is 12.8. The summed E-state index contributed by atoms with van der Waals surface area (Å²) in [5.74, 6) is 0. The maximum absolute atomic E-state index is 12.4. The summed E-state index contributed by atoms with van der Waals surface area (Å²) in [6.07, 6.45) is -3.17. The van der Waals surface area contributed by atoms with Crippen molar-refractivity contribution in [2.75, 3.05) is 0 Å². The highest BCUT2D eigenvalue weighted by Crippen LogP contribution is 2.31. The summed E-state index contributed by atoms with van der Waals surface area (Å²) in [4.78, 5) is 4.12. The van der Waals surface area contributed by atoms with Crippen molar-refractivity contribution < 1.29 is 13.2 Å². The summed E-state index contributed by atoms with van der Waals surface area (Å²) < 4.78 is 38.9. The molecule has 0 amide bonds. The molecule has 0 atom stereocenters. The Balaban J connectivity index is 2.07. The van der Waals surface area contributed by atoms with Crippen molar-refractivity contribution >= 4 is 17.0 Å². The van der Waals surface area contributed by atoms with Crippen LogP contribution in [0.5, 0.6) is 0 Å². The third-order valence-corrected chi connectivity index (χ3v) is 3.21. The second-order valence-corrected chi connectivity index (χ2v) is 4.37. The Morgan fingerprint density at radius 3 is 2.61 bits per heavy atom. The van der Waals surface area contributed by atoms with Gasteiger partial charge in [-0.25, -0.2) is 0 Å². The fourth-order valence-electron chi connectivity index (χ4n) is 2.43. The number of fused-ring (bicyclic) bond motifs is 3. The number of alkyl halides is 3. The van der Waals surface area contributed by atoms with E-state index in [-0.39, 0.29) is 6.42 Å². The van der Waals surface area contributed by atoms with Gasteiger partial charge in [-0.3, -0.25) is 4.99 Å². The summed E-state index contributed by atoms with van der Waals surface area (Å²) in [5.41, 5.74) is 1.65. The Hall–Kier alpha value is -1.78. The molecule has 0 N–H and O–H groups in total. The Kier molecular flexibility index (Phi) is 2.43. The van der Waals surface area contributed by atoms with Gasteiger partial charge in [0.05, 0.1) is 5.69 Å². The van der Waals surface area contributed by atoms with Gasteiger partial charge in [-0.15, -0.1) is 0 Å². The van der Waals surface area contributed by atoms with Gasteiger partial charge in [-0.2, -0.15) is 13.2 Å². The first kappa shape index (κ1) is 11.3. The molecule has 18 heavy (non-hydrogen) atoms. The monoisotopic (exact) mass is 252 g/mol. The number of aromatic nitrogens is 1. The van der Waals surface area contributed by atoms with E-state index in [0.717, 1.165) is 22.2 Å². The molecule has 0 saturated heterocycles. The summed E-state index contributed by atoms with van der Waals surface area (Å²) in [7, 11) is 0. The van der Waals surface area contributed by atoms with Gasteiger partial charge in [-0.05, 0) is 6.42 Å². The SMILES string of the molecule is FC(F)(F)CCc1c2ccccc2c2n1CN=C2. The summed E-state index contributed by atoms with van der Waals surface area (Å²) in [6, 6.07) is 7.55. The van der Waals surface area contributed by atoms with E-state index in [9.17, 15) is 13.2 Å². The van der Waals surface area contributed by atoms with Crippen molar-refractivity contribution in [2.45, 2.75) is 25.7 Å². The van der Waals surface area contributed by atoms with Gasteiger partial charge in [0.25, 0.3) is 0 Å². The molecule has 5 heteroatoms. The lowest BCUT2D eigenvalue weighted by Gasteiger charge is -2.08. The maximum Gasteiger partial charge on any atom is 0.389 e. The molecule has 0 fully saturated rings. The standard InChI is InChI=1S/C13H11F3N2/c14-13(15,16)6-5-11-9-3-1-2-4-10(9)12-7-17-8-18(11)12/h1-4,7H,5-6,8H2. The van der Waals surface area contributed by atoms with Gasteiger partial charge < -0.3 is 4.57 Å². The Bertz CT molecular complexity index is 623. The van der Waals surface area contributed by atoms with Crippen LogP contribution in [0.2, 0.25) is 0 Å². The van der Waals surface area contributed by atoms with Crippen molar-refractivity contribution in [2.24, 2.45) is 4.99 Å². The minimum absolute atomic E-state index is 0.00731. The van der Waals surface area contributed by atoms with Crippen molar-refractivity contribution in [3.8, 4) is 0 Å². The van der Waals surface area contributed by atoms with E-state index in [1.165, 1.54) is 0 Å². The highest BCUT2D eigenvalue weighted by Gasteiger charge is 2.28. The van der Waals surface area contributed by atoms with Gasteiger partial charge in [0.15, 0.2) is 0 Å². The third-order valence-electron chi connectivity index (χ3n) is 3.21. The highest BCUT2D eigenvalue weighted by molar-refractivity contribution is 6.01. The molecule has 0 bridgehead atoms. The zero-order valence-corrected chi connectivity index (χ0v) is 9.54. The van der Waals surface area contributed by atoms with Gasteiger partial charge in [-0.1, -0.05) is 24.3 Å². The van der Waals surface area contributed by atoms with E-state index >= 15 is 0 Å². The molecular weight excluding hydrogens is 241 g/mol. The van der Waals surface area contributed by atoms with E-state index in [0.29, 0.717) is 6.67 Å². The van der Waals surface area contributed by atoms with E-state index in [1.807, 2.05) is 28.8 Å². The zero-order valence-electron chi connectivity index (χ0n) is 9.54. The van der Waals surface area contributed by atoms with Crippen LogP contribution in [0.1, 0.15) is 17.8 Å². The van der Waals surface area contributed by atoms with Crippen molar-refractivity contribution in [3.05, 3.63) is 35.7 Å². The van der Waals surface area contributed by atoms with Crippen LogP contribution in [0, 0.1) is 0 Å². The second-order valence-electron chi connectivity index (χ2n) is 4.37. The molecule has 0 spiro atoms. The molecule has 1 aliphatic heterocycles. The molecule has 0 aliphatic carbocycles. The van der Waals surface area contributed by atoms with Crippen LogP contribution in [-0.4, -0.2) is 17.0 Å². The fourth-order valence-corrected chi connectivity index (χ4v) is 2.43. The lowest BCUT2D eigenvalue weighted by Crippen LogP contribution is -2.11. The molecule has 2 aromatic rings. The fraction of sp³-hybridized carbons (Fsp3) is 0.308. The van der Waals surface area contributed by atoms with E-state index in [4.69, 9.17) is 0 Å². The molecule has 0 unspecified atom stereocenters. The van der Waals surface area contributed by atoms with Gasteiger partial charge >= 0.3 is 6.18 Å². The van der Waals surface area contributed by atoms with Crippen LogP contribution in [-0.2, 0) is 13.1 Å². The smallest absolute Gasteiger partial charge is 0.323 e. The Labute approximate surface area is 102 Å². The van der Waals surface area contributed by atoms with Crippen molar-refractivity contribution in [3.63, 3.8) is 0 Å². The van der Waals surface area contributed by atoms with Crippen LogP contribution in [0.3, 0.4) is 0 Å². The number of rotatable bonds is 2. The quantitative estimate of drug-likeness (QED) is 0.778. The minimum atomic E-state index is -4.12. The Morgan fingerprint density at radius 2 is 1.89 bits per heavy atom. The summed E-state index contributed by atoms with van der Waals surface area (Å²) in [5, 5.41) is 1.89. The lowest BCUT2D eigenvalue weighted by molar-refractivity contribution is -0.134. The second kappa shape index (κ2) is 3.86. The molecular formula is C13H11F3N2. The third kappa shape index (κ3) is 1.79. The van der Waals surface area contributed by atoms with Crippen LogP contribution >= 0.6 is 0 Å². The largest absolute Gasteiger partial charge is 0.389 e. The highest BCUT2D eigenvalue weighted by atomic mass is 19.4. The molecule has 3 rings (SSSR count). The number of nitrogens with zero attached hydrogens (tertiary/aromatic N) is 2. The van der Waals surface area contributed by atoms with Crippen LogP contribution in [0.4, 0.5) is 13.2 Å². The maximum atomic E-state index is 12.4. The molecule has 0 radical (unpaired) electrons. The normalized spacial score (nSPS) is 14.4. The van der Waals surface area contributed by atoms with Gasteiger partial charge in [0.2, 0.25) is 0 Å². The molecule has 0 saturated carbocycles. The van der Waals surface area contributed by atoms with Gasteiger partial charge in [0, 0.05) is 29.1 Å². The van der Waals surface area contributed by atoms with E-state index in [1.54, 1.807) is 6.21 Å². The molecule has 1 aromatic heterocycles.